The van der Waals surface area contributed by atoms with Gasteiger partial charge >= 0.3 is 0 Å². The van der Waals surface area contributed by atoms with Gasteiger partial charge < -0.3 is 0 Å². The predicted molar refractivity (Wildman–Crippen MR) is 72.5 cm³/mol. The maximum atomic E-state index is 6.12. The SMILES string of the molecule is Cc1ccc(-c2ccc3nncc(Cl)c3c2)nc1. The van der Waals surface area contributed by atoms with Gasteiger partial charge in [0.2, 0.25) is 0 Å². The molecule has 0 saturated carbocycles. The molecule has 0 atom stereocenters. The molecular weight excluding hydrogens is 246 g/mol. The van der Waals surface area contributed by atoms with Crippen LogP contribution in [0.3, 0.4) is 0 Å². The van der Waals surface area contributed by atoms with Crippen molar-refractivity contribution in [3.63, 3.8) is 0 Å². The first-order valence-electron chi connectivity index (χ1n) is 5.58. The molecule has 1 aromatic carbocycles. The Morgan fingerprint density at radius 3 is 2.72 bits per heavy atom. The number of hydrogen-bond donors (Lipinski definition) is 0. The van der Waals surface area contributed by atoms with Crippen molar-refractivity contribution in [3.8, 4) is 11.3 Å². The number of halogens is 1. The van der Waals surface area contributed by atoms with E-state index in [1.165, 1.54) is 0 Å². The first-order valence-corrected chi connectivity index (χ1v) is 5.96. The highest BCUT2D eigenvalue weighted by Crippen LogP contribution is 2.26. The summed E-state index contributed by atoms with van der Waals surface area (Å²) in [7, 11) is 0. The molecule has 4 heteroatoms. The third-order valence-electron chi connectivity index (χ3n) is 2.80. The van der Waals surface area contributed by atoms with Crippen LogP contribution in [0.1, 0.15) is 5.56 Å². The van der Waals surface area contributed by atoms with Gasteiger partial charge in [0, 0.05) is 17.1 Å². The van der Waals surface area contributed by atoms with Gasteiger partial charge in [-0.05, 0) is 30.7 Å². The van der Waals surface area contributed by atoms with Crippen LogP contribution < -0.4 is 0 Å². The van der Waals surface area contributed by atoms with E-state index in [9.17, 15) is 0 Å². The van der Waals surface area contributed by atoms with Gasteiger partial charge in [-0.2, -0.15) is 10.2 Å². The summed E-state index contributed by atoms with van der Waals surface area (Å²) >= 11 is 6.12. The number of pyridine rings is 1. The van der Waals surface area contributed by atoms with Crippen LogP contribution in [0.2, 0.25) is 5.02 Å². The van der Waals surface area contributed by atoms with E-state index in [1.807, 2.05) is 43.5 Å². The summed E-state index contributed by atoms with van der Waals surface area (Å²) in [5, 5.41) is 9.37. The Morgan fingerprint density at radius 2 is 1.94 bits per heavy atom. The quantitative estimate of drug-likeness (QED) is 0.666. The average Bonchev–Trinajstić information content (AvgIpc) is 2.40. The minimum Gasteiger partial charge on any atom is -0.256 e. The van der Waals surface area contributed by atoms with Crippen molar-refractivity contribution in [2.45, 2.75) is 6.92 Å². The van der Waals surface area contributed by atoms with E-state index in [2.05, 4.69) is 15.2 Å². The summed E-state index contributed by atoms with van der Waals surface area (Å²) in [6, 6.07) is 9.91. The molecule has 2 heterocycles. The van der Waals surface area contributed by atoms with E-state index in [4.69, 9.17) is 11.6 Å². The summed E-state index contributed by atoms with van der Waals surface area (Å²) in [5.41, 5.74) is 3.88. The lowest BCUT2D eigenvalue weighted by Gasteiger charge is -2.04. The van der Waals surface area contributed by atoms with E-state index in [1.54, 1.807) is 6.20 Å². The maximum absolute atomic E-state index is 6.12. The smallest absolute Gasteiger partial charge is 0.0945 e. The lowest BCUT2D eigenvalue weighted by atomic mass is 10.1. The molecule has 0 unspecified atom stereocenters. The Kier molecular flexibility index (Phi) is 2.68. The van der Waals surface area contributed by atoms with Gasteiger partial charge in [0.05, 0.1) is 22.4 Å². The van der Waals surface area contributed by atoms with Crippen LogP contribution in [0.4, 0.5) is 0 Å². The molecule has 0 N–H and O–H groups in total. The molecule has 0 saturated heterocycles. The first-order chi connectivity index (χ1) is 8.74. The molecule has 2 aromatic heterocycles. The summed E-state index contributed by atoms with van der Waals surface area (Å²) in [6.07, 6.45) is 3.40. The van der Waals surface area contributed by atoms with Gasteiger partial charge in [0.25, 0.3) is 0 Å². The van der Waals surface area contributed by atoms with Gasteiger partial charge in [-0.3, -0.25) is 4.98 Å². The minimum atomic E-state index is 0.606. The normalized spacial score (nSPS) is 10.8. The first kappa shape index (κ1) is 11.1. The van der Waals surface area contributed by atoms with E-state index >= 15 is 0 Å². The van der Waals surface area contributed by atoms with Crippen molar-refractivity contribution in [2.24, 2.45) is 0 Å². The van der Waals surface area contributed by atoms with Gasteiger partial charge in [0.15, 0.2) is 0 Å². The van der Waals surface area contributed by atoms with Crippen molar-refractivity contribution in [1.82, 2.24) is 15.2 Å². The second-order valence-electron chi connectivity index (χ2n) is 4.15. The van der Waals surface area contributed by atoms with Crippen molar-refractivity contribution in [2.75, 3.05) is 0 Å². The fourth-order valence-corrected chi connectivity index (χ4v) is 2.02. The molecule has 18 heavy (non-hydrogen) atoms. The van der Waals surface area contributed by atoms with Crippen LogP contribution in [-0.4, -0.2) is 15.2 Å². The number of aryl methyl sites for hydroxylation is 1. The van der Waals surface area contributed by atoms with Crippen LogP contribution in [0.5, 0.6) is 0 Å². The monoisotopic (exact) mass is 255 g/mol. The Balaban J connectivity index is 2.18. The summed E-state index contributed by atoms with van der Waals surface area (Å²) in [4.78, 5) is 4.41. The zero-order chi connectivity index (χ0) is 12.5. The van der Waals surface area contributed by atoms with Gasteiger partial charge in [0.1, 0.15) is 0 Å². The lowest BCUT2D eigenvalue weighted by molar-refractivity contribution is 1.08. The summed E-state index contributed by atoms with van der Waals surface area (Å²) in [6.45, 7) is 2.02. The van der Waals surface area contributed by atoms with Crippen LogP contribution in [0.15, 0.2) is 42.7 Å². The zero-order valence-electron chi connectivity index (χ0n) is 9.76. The average molecular weight is 256 g/mol. The van der Waals surface area contributed by atoms with Gasteiger partial charge in [-0.1, -0.05) is 23.7 Å². The Labute approximate surface area is 109 Å². The van der Waals surface area contributed by atoms with E-state index in [-0.39, 0.29) is 0 Å². The largest absolute Gasteiger partial charge is 0.256 e. The third-order valence-corrected chi connectivity index (χ3v) is 3.10. The maximum Gasteiger partial charge on any atom is 0.0945 e. The topological polar surface area (TPSA) is 38.7 Å². The van der Waals surface area contributed by atoms with Crippen LogP contribution in [0.25, 0.3) is 22.2 Å². The highest BCUT2D eigenvalue weighted by atomic mass is 35.5. The summed E-state index contributed by atoms with van der Waals surface area (Å²) < 4.78 is 0. The van der Waals surface area contributed by atoms with Crippen molar-refractivity contribution in [3.05, 3.63) is 53.3 Å². The number of fused-ring (bicyclic) bond motifs is 1. The molecule has 0 spiro atoms. The van der Waals surface area contributed by atoms with Gasteiger partial charge in [-0.15, -0.1) is 0 Å². The van der Waals surface area contributed by atoms with Crippen molar-refractivity contribution in [1.29, 1.82) is 0 Å². The minimum absolute atomic E-state index is 0.606. The zero-order valence-corrected chi connectivity index (χ0v) is 10.5. The second kappa shape index (κ2) is 4.35. The number of nitrogens with zero attached hydrogens (tertiary/aromatic N) is 3. The molecule has 3 nitrogen and oxygen atoms in total. The molecular formula is C14H10ClN3. The Morgan fingerprint density at radius 1 is 1.06 bits per heavy atom. The third kappa shape index (κ3) is 1.93. The van der Waals surface area contributed by atoms with Crippen molar-refractivity contribution < 1.29 is 0 Å². The molecule has 0 radical (unpaired) electrons. The highest BCUT2D eigenvalue weighted by molar-refractivity contribution is 6.35. The Bertz CT molecular complexity index is 708. The molecule has 0 bridgehead atoms. The van der Waals surface area contributed by atoms with Crippen LogP contribution in [0, 0.1) is 6.92 Å². The Hall–Kier alpha value is -2.00. The highest BCUT2D eigenvalue weighted by Gasteiger charge is 2.04. The molecule has 0 aliphatic heterocycles. The lowest BCUT2D eigenvalue weighted by Crippen LogP contribution is -1.87. The molecule has 0 aliphatic carbocycles. The fourth-order valence-electron chi connectivity index (χ4n) is 1.82. The molecule has 3 rings (SSSR count). The van der Waals surface area contributed by atoms with E-state index in [0.29, 0.717) is 5.02 Å². The fraction of sp³-hybridized carbons (Fsp3) is 0.0714. The molecule has 0 fully saturated rings. The number of benzene rings is 1. The number of hydrogen-bond acceptors (Lipinski definition) is 3. The van der Waals surface area contributed by atoms with Crippen LogP contribution in [-0.2, 0) is 0 Å². The summed E-state index contributed by atoms with van der Waals surface area (Å²) in [5.74, 6) is 0. The van der Waals surface area contributed by atoms with E-state index in [0.717, 1.165) is 27.7 Å². The van der Waals surface area contributed by atoms with E-state index < -0.39 is 0 Å². The molecule has 0 aliphatic rings. The molecule has 0 amide bonds. The van der Waals surface area contributed by atoms with Gasteiger partial charge in [-0.25, -0.2) is 0 Å². The predicted octanol–water partition coefficient (Wildman–Crippen LogP) is 3.65. The molecule has 3 aromatic rings. The second-order valence-corrected chi connectivity index (χ2v) is 4.55. The standard InChI is InChI=1S/C14H10ClN3/c1-9-2-4-13(16-7-9)10-3-5-14-11(6-10)12(15)8-17-18-14/h2-8H,1H3. The van der Waals surface area contributed by atoms with Crippen molar-refractivity contribution >= 4 is 22.5 Å². The number of rotatable bonds is 1. The molecule has 88 valence electrons. The van der Waals surface area contributed by atoms with Crippen LogP contribution >= 0.6 is 11.6 Å². The number of aromatic nitrogens is 3.